The number of aromatic nitrogens is 3. The van der Waals surface area contributed by atoms with Gasteiger partial charge in [-0.1, -0.05) is 0 Å². The zero-order valence-electron chi connectivity index (χ0n) is 13.9. The van der Waals surface area contributed by atoms with Crippen LogP contribution in [0.4, 0.5) is 8.78 Å². The maximum atomic E-state index is 13.6. The molecular formula is C17H20F2N4O2. The summed E-state index contributed by atoms with van der Waals surface area (Å²) in [4.78, 5) is 12.2. The van der Waals surface area contributed by atoms with E-state index in [-0.39, 0.29) is 17.7 Å². The monoisotopic (exact) mass is 350 g/mol. The van der Waals surface area contributed by atoms with Crippen molar-refractivity contribution in [2.75, 3.05) is 0 Å². The number of hydrogen-bond donors (Lipinski definition) is 1. The van der Waals surface area contributed by atoms with E-state index in [1.165, 1.54) is 6.07 Å². The molecule has 25 heavy (non-hydrogen) atoms. The van der Waals surface area contributed by atoms with Crippen molar-refractivity contribution in [2.24, 2.45) is 0 Å². The van der Waals surface area contributed by atoms with Gasteiger partial charge in [0.25, 0.3) is 5.91 Å². The predicted octanol–water partition coefficient (Wildman–Crippen LogP) is 2.62. The van der Waals surface area contributed by atoms with Gasteiger partial charge in [0.2, 0.25) is 0 Å². The molecule has 8 heteroatoms. The Balaban J connectivity index is 1.49. The zero-order valence-corrected chi connectivity index (χ0v) is 13.9. The van der Waals surface area contributed by atoms with Gasteiger partial charge in [0.1, 0.15) is 18.5 Å². The average Bonchev–Trinajstić information content (AvgIpc) is 3.12. The molecule has 0 saturated heterocycles. The molecule has 1 aromatic heterocycles. The quantitative estimate of drug-likeness (QED) is 0.900. The van der Waals surface area contributed by atoms with Gasteiger partial charge in [-0.3, -0.25) is 4.79 Å². The fraction of sp³-hybridized carbons (Fsp3) is 0.471. The van der Waals surface area contributed by atoms with Crippen molar-refractivity contribution in [1.29, 1.82) is 0 Å². The molecule has 1 unspecified atom stereocenters. The molecule has 0 radical (unpaired) electrons. The Morgan fingerprint density at radius 3 is 2.56 bits per heavy atom. The molecule has 1 amide bonds. The van der Waals surface area contributed by atoms with Crippen molar-refractivity contribution >= 4 is 5.91 Å². The Hall–Kier alpha value is -2.51. The second kappa shape index (κ2) is 7.58. The lowest BCUT2D eigenvalue weighted by molar-refractivity contribution is -0.128. The van der Waals surface area contributed by atoms with Crippen molar-refractivity contribution < 1.29 is 18.3 Å². The van der Waals surface area contributed by atoms with Crippen LogP contribution in [0.15, 0.2) is 30.9 Å². The van der Waals surface area contributed by atoms with E-state index in [0.29, 0.717) is 6.04 Å². The highest BCUT2D eigenvalue weighted by molar-refractivity contribution is 5.81. The Bertz CT molecular complexity index is 715. The van der Waals surface area contributed by atoms with Gasteiger partial charge in [-0.2, -0.15) is 0 Å². The Morgan fingerprint density at radius 1 is 1.24 bits per heavy atom. The van der Waals surface area contributed by atoms with Gasteiger partial charge < -0.3 is 14.6 Å². The summed E-state index contributed by atoms with van der Waals surface area (Å²) < 4.78 is 33.8. The second-order valence-electron chi connectivity index (χ2n) is 6.26. The molecule has 1 aliphatic rings. The van der Waals surface area contributed by atoms with Crippen LogP contribution in [0, 0.1) is 11.6 Å². The molecule has 1 fully saturated rings. The van der Waals surface area contributed by atoms with Crippen LogP contribution >= 0.6 is 0 Å². The molecule has 1 aliphatic carbocycles. The molecule has 1 N–H and O–H groups in total. The summed E-state index contributed by atoms with van der Waals surface area (Å²) in [6.45, 7) is 1.54. The topological polar surface area (TPSA) is 69.0 Å². The van der Waals surface area contributed by atoms with Crippen molar-refractivity contribution in [3.8, 4) is 5.75 Å². The minimum absolute atomic E-state index is 0.0596. The number of benzene rings is 1. The number of halogens is 2. The highest BCUT2D eigenvalue weighted by Crippen LogP contribution is 2.28. The van der Waals surface area contributed by atoms with Crippen LogP contribution in [-0.4, -0.2) is 32.8 Å². The van der Waals surface area contributed by atoms with E-state index in [4.69, 9.17) is 4.74 Å². The summed E-state index contributed by atoms with van der Waals surface area (Å²) in [5, 5.41) is 10.6. The summed E-state index contributed by atoms with van der Waals surface area (Å²) in [7, 11) is 0. The zero-order chi connectivity index (χ0) is 17.8. The number of nitrogens with one attached hydrogen (secondary N) is 1. The third-order valence-electron chi connectivity index (χ3n) is 4.47. The van der Waals surface area contributed by atoms with Gasteiger partial charge in [-0.05, 0) is 44.7 Å². The fourth-order valence-corrected chi connectivity index (χ4v) is 3.05. The summed E-state index contributed by atoms with van der Waals surface area (Å²) in [5.74, 6) is -1.96. The Kier molecular flexibility index (Phi) is 5.25. The van der Waals surface area contributed by atoms with Crippen LogP contribution < -0.4 is 10.1 Å². The number of rotatable bonds is 5. The van der Waals surface area contributed by atoms with E-state index in [9.17, 15) is 13.6 Å². The molecule has 0 bridgehead atoms. The first-order chi connectivity index (χ1) is 12.0. The molecular weight excluding hydrogens is 330 g/mol. The maximum Gasteiger partial charge on any atom is 0.260 e. The smallest absolute Gasteiger partial charge is 0.260 e. The van der Waals surface area contributed by atoms with Crippen molar-refractivity contribution in [3.05, 3.63) is 42.5 Å². The minimum atomic E-state index is -0.865. The lowest BCUT2D eigenvalue weighted by atomic mass is 9.91. The van der Waals surface area contributed by atoms with Crippen LogP contribution in [0.25, 0.3) is 0 Å². The van der Waals surface area contributed by atoms with Crippen molar-refractivity contribution in [3.63, 3.8) is 0 Å². The SMILES string of the molecule is CC(Oc1ccc(F)cc1F)C(=O)NC1CCC(n2cnnc2)CC1. The van der Waals surface area contributed by atoms with E-state index in [2.05, 4.69) is 15.5 Å². The lowest BCUT2D eigenvalue weighted by Crippen LogP contribution is -2.44. The number of amides is 1. The summed E-state index contributed by atoms with van der Waals surface area (Å²) in [6, 6.07) is 3.41. The van der Waals surface area contributed by atoms with Crippen LogP contribution in [0.3, 0.4) is 0 Å². The highest BCUT2D eigenvalue weighted by Gasteiger charge is 2.25. The standard InChI is InChI=1S/C17H20F2N4O2/c1-11(25-16-7-2-12(18)8-15(16)19)17(24)22-13-3-5-14(6-4-13)23-9-20-21-10-23/h2,7-11,13-14H,3-6H2,1H3,(H,22,24). The summed E-state index contributed by atoms with van der Waals surface area (Å²) in [5.41, 5.74) is 0. The third-order valence-corrected chi connectivity index (χ3v) is 4.47. The molecule has 3 rings (SSSR count). The Morgan fingerprint density at radius 2 is 1.92 bits per heavy atom. The maximum absolute atomic E-state index is 13.6. The van der Waals surface area contributed by atoms with Gasteiger partial charge in [-0.15, -0.1) is 10.2 Å². The first kappa shape index (κ1) is 17.3. The van der Waals surface area contributed by atoms with Crippen LogP contribution in [0.1, 0.15) is 38.6 Å². The summed E-state index contributed by atoms with van der Waals surface area (Å²) in [6.07, 6.45) is 6.07. The third kappa shape index (κ3) is 4.32. The second-order valence-corrected chi connectivity index (χ2v) is 6.26. The normalized spacial score (nSPS) is 21.6. The van der Waals surface area contributed by atoms with Gasteiger partial charge in [0.05, 0.1) is 0 Å². The van der Waals surface area contributed by atoms with Gasteiger partial charge in [0, 0.05) is 18.2 Å². The minimum Gasteiger partial charge on any atom is -0.478 e. The Labute approximate surface area is 144 Å². The van der Waals surface area contributed by atoms with E-state index in [0.717, 1.165) is 37.8 Å². The molecule has 1 saturated carbocycles. The van der Waals surface area contributed by atoms with E-state index in [1.54, 1.807) is 19.6 Å². The molecule has 1 atom stereocenters. The lowest BCUT2D eigenvalue weighted by Gasteiger charge is -2.30. The van der Waals surface area contributed by atoms with Crippen molar-refractivity contribution in [1.82, 2.24) is 20.1 Å². The van der Waals surface area contributed by atoms with Crippen LogP contribution in [0.2, 0.25) is 0 Å². The number of hydrogen-bond acceptors (Lipinski definition) is 4. The molecule has 1 aromatic carbocycles. The predicted molar refractivity (Wildman–Crippen MR) is 85.9 cm³/mol. The molecule has 2 aromatic rings. The molecule has 0 spiro atoms. The number of carbonyl (C=O) groups excluding carboxylic acids is 1. The van der Waals surface area contributed by atoms with Gasteiger partial charge >= 0.3 is 0 Å². The van der Waals surface area contributed by atoms with Gasteiger partial charge in [-0.25, -0.2) is 8.78 Å². The van der Waals surface area contributed by atoms with Crippen LogP contribution in [0.5, 0.6) is 5.75 Å². The molecule has 134 valence electrons. The number of carbonyl (C=O) groups is 1. The van der Waals surface area contributed by atoms with E-state index in [1.807, 2.05) is 4.57 Å². The molecule has 6 nitrogen and oxygen atoms in total. The van der Waals surface area contributed by atoms with E-state index < -0.39 is 17.7 Å². The molecule has 1 heterocycles. The summed E-state index contributed by atoms with van der Waals surface area (Å²) >= 11 is 0. The first-order valence-corrected chi connectivity index (χ1v) is 8.29. The average molecular weight is 350 g/mol. The van der Waals surface area contributed by atoms with Crippen LogP contribution in [-0.2, 0) is 4.79 Å². The molecule has 0 aliphatic heterocycles. The number of ether oxygens (including phenoxy) is 1. The first-order valence-electron chi connectivity index (χ1n) is 8.29. The fourth-order valence-electron chi connectivity index (χ4n) is 3.05. The van der Waals surface area contributed by atoms with Crippen molar-refractivity contribution in [2.45, 2.75) is 50.8 Å². The largest absolute Gasteiger partial charge is 0.478 e. The van der Waals surface area contributed by atoms with E-state index >= 15 is 0 Å². The van der Waals surface area contributed by atoms with Gasteiger partial charge in [0.15, 0.2) is 17.7 Å². The highest BCUT2D eigenvalue weighted by atomic mass is 19.1. The number of nitrogens with zero attached hydrogens (tertiary/aromatic N) is 3.